The van der Waals surface area contributed by atoms with E-state index in [9.17, 15) is 4.39 Å². The maximum absolute atomic E-state index is 13.7. The molecule has 0 aliphatic heterocycles. The second-order valence-electron chi connectivity index (χ2n) is 3.92. The van der Waals surface area contributed by atoms with Gasteiger partial charge in [0.05, 0.1) is 0 Å². The summed E-state index contributed by atoms with van der Waals surface area (Å²) >= 11 is 9.02. The maximum atomic E-state index is 13.7. The number of fused-ring (bicyclic) bond motifs is 1. The van der Waals surface area contributed by atoms with Crippen LogP contribution in [0.25, 0.3) is 10.9 Å². The van der Waals surface area contributed by atoms with Crippen molar-refractivity contribution in [1.82, 2.24) is 9.97 Å². The molecular formula is C11H10BrClFN3. The average Bonchev–Trinajstić information content (AvgIpc) is 2.19. The first kappa shape index (κ1) is 12.5. The van der Waals surface area contributed by atoms with E-state index < -0.39 is 5.82 Å². The van der Waals surface area contributed by atoms with Gasteiger partial charge < -0.3 is 5.32 Å². The Hall–Kier alpha value is -0.940. The summed E-state index contributed by atoms with van der Waals surface area (Å²) in [6.07, 6.45) is 0. The van der Waals surface area contributed by atoms with Gasteiger partial charge in [-0.15, -0.1) is 0 Å². The van der Waals surface area contributed by atoms with E-state index in [2.05, 4.69) is 31.2 Å². The summed E-state index contributed by atoms with van der Waals surface area (Å²) < 4.78 is 14.4. The Kier molecular flexibility index (Phi) is 3.49. The summed E-state index contributed by atoms with van der Waals surface area (Å²) in [6.45, 7) is 3.94. The van der Waals surface area contributed by atoms with E-state index in [1.165, 1.54) is 6.07 Å². The first-order chi connectivity index (χ1) is 7.97. The van der Waals surface area contributed by atoms with Gasteiger partial charge in [0, 0.05) is 15.9 Å². The molecule has 0 aliphatic rings. The van der Waals surface area contributed by atoms with Crippen LogP contribution in [-0.4, -0.2) is 16.0 Å². The van der Waals surface area contributed by atoms with Crippen molar-refractivity contribution in [2.24, 2.45) is 0 Å². The molecule has 0 bridgehead atoms. The fraction of sp³-hybridized carbons (Fsp3) is 0.273. The highest BCUT2D eigenvalue weighted by molar-refractivity contribution is 9.10. The number of halogens is 3. The zero-order chi connectivity index (χ0) is 12.6. The molecule has 1 aromatic heterocycles. The SMILES string of the molecule is CC(C)Nc1nc(Cl)nc2c(F)cc(Br)cc12. The van der Waals surface area contributed by atoms with Gasteiger partial charge in [-0.3, -0.25) is 0 Å². The lowest BCUT2D eigenvalue weighted by molar-refractivity contribution is 0.635. The largest absolute Gasteiger partial charge is 0.367 e. The van der Waals surface area contributed by atoms with Crippen molar-refractivity contribution in [2.45, 2.75) is 19.9 Å². The number of hydrogen-bond acceptors (Lipinski definition) is 3. The van der Waals surface area contributed by atoms with Gasteiger partial charge in [0.1, 0.15) is 11.3 Å². The Balaban J connectivity index is 2.73. The van der Waals surface area contributed by atoms with Gasteiger partial charge in [-0.1, -0.05) is 15.9 Å². The predicted octanol–water partition coefficient (Wildman–Crippen LogP) is 4.01. The van der Waals surface area contributed by atoms with Crippen LogP contribution in [0, 0.1) is 5.82 Å². The smallest absolute Gasteiger partial charge is 0.225 e. The third kappa shape index (κ3) is 2.66. The quantitative estimate of drug-likeness (QED) is 0.850. The molecule has 0 aliphatic carbocycles. The highest BCUT2D eigenvalue weighted by Crippen LogP contribution is 2.28. The molecule has 0 amide bonds. The lowest BCUT2D eigenvalue weighted by Crippen LogP contribution is -2.12. The number of benzene rings is 1. The maximum Gasteiger partial charge on any atom is 0.225 e. The van der Waals surface area contributed by atoms with Crippen molar-refractivity contribution in [3.8, 4) is 0 Å². The molecule has 0 atom stereocenters. The van der Waals surface area contributed by atoms with Gasteiger partial charge in [0.15, 0.2) is 5.82 Å². The fourth-order valence-electron chi connectivity index (χ4n) is 1.51. The van der Waals surface area contributed by atoms with E-state index >= 15 is 0 Å². The van der Waals surface area contributed by atoms with Crippen LogP contribution in [0.1, 0.15) is 13.8 Å². The molecule has 1 N–H and O–H groups in total. The molecule has 0 fully saturated rings. The number of aromatic nitrogens is 2. The van der Waals surface area contributed by atoms with E-state index in [0.717, 1.165) is 0 Å². The third-order valence-electron chi connectivity index (χ3n) is 2.12. The van der Waals surface area contributed by atoms with Crippen molar-refractivity contribution in [3.63, 3.8) is 0 Å². The molecule has 0 unspecified atom stereocenters. The highest BCUT2D eigenvalue weighted by Gasteiger charge is 2.12. The van der Waals surface area contributed by atoms with Crippen LogP contribution in [-0.2, 0) is 0 Å². The lowest BCUT2D eigenvalue weighted by Gasteiger charge is -2.12. The first-order valence-corrected chi connectivity index (χ1v) is 6.23. The molecular weight excluding hydrogens is 308 g/mol. The lowest BCUT2D eigenvalue weighted by atomic mass is 10.2. The summed E-state index contributed by atoms with van der Waals surface area (Å²) in [7, 11) is 0. The number of hydrogen-bond donors (Lipinski definition) is 1. The second-order valence-corrected chi connectivity index (χ2v) is 5.18. The predicted molar refractivity (Wildman–Crippen MR) is 71.0 cm³/mol. The Morgan fingerprint density at radius 3 is 2.71 bits per heavy atom. The summed E-state index contributed by atoms with van der Waals surface area (Å²) in [4.78, 5) is 7.98. The Labute approximate surface area is 112 Å². The van der Waals surface area contributed by atoms with Crippen molar-refractivity contribution < 1.29 is 4.39 Å². The van der Waals surface area contributed by atoms with Crippen molar-refractivity contribution in [3.05, 3.63) is 27.7 Å². The zero-order valence-electron chi connectivity index (χ0n) is 9.26. The normalized spacial score (nSPS) is 11.2. The Morgan fingerprint density at radius 2 is 2.06 bits per heavy atom. The highest BCUT2D eigenvalue weighted by atomic mass is 79.9. The van der Waals surface area contributed by atoms with Gasteiger partial charge in [-0.2, -0.15) is 0 Å². The minimum Gasteiger partial charge on any atom is -0.367 e. The Bertz CT molecular complexity index is 574. The van der Waals surface area contributed by atoms with Crippen molar-refractivity contribution in [1.29, 1.82) is 0 Å². The van der Waals surface area contributed by atoms with Gasteiger partial charge in [-0.05, 0) is 37.6 Å². The van der Waals surface area contributed by atoms with E-state index in [1.807, 2.05) is 13.8 Å². The molecule has 6 heteroatoms. The molecule has 0 spiro atoms. The van der Waals surface area contributed by atoms with E-state index in [1.54, 1.807) is 6.07 Å². The van der Waals surface area contributed by atoms with E-state index in [-0.39, 0.29) is 16.8 Å². The molecule has 1 aromatic carbocycles. The topological polar surface area (TPSA) is 37.8 Å². The average molecular weight is 319 g/mol. The Morgan fingerprint density at radius 1 is 1.35 bits per heavy atom. The van der Waals surface area contributed by atoms with Crippen LogP contribution in [0.5, 0.6) is 0 Å². The number of nitrogens with one attached hydrogen (secondary N) is 1. The molecule has 0 saturated carbocycles. The van der Waals surface area contributed by atoms with Crippen LogP contribution < -0.4 is 5.32 Å². The standard InChI is InChI=1S/C11H10BrClFN3/c1-5(2)15-10-7-3-6(12)4-8(14)9(7)16-11(13)17-10/h3-5H,1-2H3,(H,15,16,17). The van der Waals surface area contributed by atoms with Crippen molar-refractivity contribution >= 4 is 44.3 Å². The minimum atomic E-state index is -0.425. The first-order valence-electron chi connectivity index (χ1n) is 5.06. The monoisotopic (exact) mass is 317 g/mol. The van der Waals surface area contributed by atoms with E-state index in [0.29, 0.717) is 15.7 Å². The number of nitrogens with zero attached hydrogens (tertiary/aromatic N) is 2. The minimum absolute atomic E-state index is 0.0295. The summed E-state index contributed by atoms with van der Waals surface area (Å²) in [5.41, 5.74) is 0.219. The van der Waals surface area contributed by atoms with Crippen LogP contribution in [0.2, 0.25) is 5.28 Å². The van der Waals surface area contributed by atoms with Crippen molar-refractivity contribution in [2.75, 3.05) is 5.32 Å². The number of rotatable bonds is 2. The zero-order valence-corrected chi connectivity index (χ0v) is 11.6. The fourth-order valence-corrected chi connectivity index (χ4v) is 2.11. The molecule has 1 heterocycles. The van der Waals surface area contributed by atoms with Gasteiger partial charge in [-0.25, -0.2) is 14.4 Å². The van der Waals surface area contributed by atoms with Crippen LogP contribution in [0.3, 0.4) is 0 Å². The number of anilines is 1. The summed E-state index contributed by atoms with van der Waals surface area (Å²) in [6, 6.07) is 3.29. The van der Waals surface area contributed by atoms with Crippen LogP contribution >= 0.6 is 27.5 Å². The van der Waals surface area contributed by atoms with Crippen LogP contribution in [0.4, 0.5) is 10.2 Å². The molecule has 0 radical (unpaired) electrons. The third-order valence-corrected chi connectivity index (χ3v) is 2.74. The second kappa shape index (κ2) is 4.74. The molecule has 3 nitrogen and oxygen atoms in total. The molecule has 17 heavy (non-hydrogen) atoms. The summed E-state index contributed by atoms with van der Waals surface area (Å²) in [5, 5.41) is 3.76. The van der Waals surface area contributed by atoms with Gasteiger partial charge in [0.25, 0.3) is 0 Å². The van der Waals surface area contributed by atoms with Gasteiger partial charge >= 0.3 is 0 Å². The molecule has 0 saturated heterocycles. The summed E-state index contributed by atoms with van der Waals surface area (Å²) in [5.74, 6) is 0.112. The molecule has 2 aromatic rings. The van der Waals surface area contributed by atoms with E-state index in [4.69, 9.17) is 11.6 Å². The molecule has 90 valence electrons. The van der Waals surface area contributed by atoms with Crippen LogP contribution in [0.15, 0.2) is 16.6 Å². The van der Waals surface area contributed by atoms with Gasteiger partial charge in [0.2, 0.25) is 5.28 Å². The molecule has 2 rings (SSSR count).